The zero-order chi connectivity index (χ0) is 13.7. The summed E-state index contributed by atoms with van der Waals surface area (Å²) in [7, 11) is 1.60. The van der Waals surface area contributed by atoms with E-state index >= 15 is 0 Å². The molecule has 0 radical (unpaired) electrons. The van der Waals surface area contributed by atoms with Gasteiger partial charge in [0.2, 0.25) is 0 Å². The molecule has 19 heavy (non-hydrogen) atoms. The minimum Gasteiger partial charge on any atom is -0.381 e. The van der Waals surface area contributed by atoms with Crippen molar-refractivity contribution in [2.75, 3.05) is 23.4 Å². The molecule has 104 valence electrons. The van der Waals surface area contributed by atoms with E-state index in [9.17, 15) is 4.79 Å². The lowest BCUT2D eigenvalue weighted by Crippen LogP contribution is -2.32. The second kappa shape index (κ2) is 6.70. The Labute approximate surface area is 118 Å². The monoisotopic (exact) mass is 279 g/mol. The third kappa shape index (κ3) is 4.06. The van der Waals surface area contributed by atoms with Gasteiger partial charge in [0.25, 0.3) is 0 Å². The van der Waals surface area contributed by atoms with Crippen molar-refractivity contribution in [3.8, 4) is 0 Å². The van der Waals surface area contributed by atoms with Crippen LogP contribution in [0.3, 0.4) is 0 Å². The van der Waals surface area contributed by atoms with Gasteiger partial charge < -0.3 is 16.0 Å². The average Bonchev–Trinajstić information content (AvgIpc) is 2.43. The average molecular weight is 279 g/mol. The summed E-state index contributed by atoms with van der Waals surface area (Å²) in [6, 6.07) is 8.19. The van der Waals surface area contributed by atoms with Gasteiger partial charge in [-0.05, 0) is 42.9 Å². The first-order valence-corrected chi connectivity index (χ1v) is 7.71. The Hall–Kier alpha value is -1.36. The van der Waals surface area contributed by atoms with Crippen molar-refractivity contribution >= 4 is 29.2 Å². The number of anilines is 2. The number of carbonyl (C=O) groups is 1. The first-order chi connectivity index (χ1) is 9.19. The molecule has 1 aliphatic heterocycles. The van der Waals surface area contributed by atoms with Crippen molar-refractivity contribution in [2.45, 2.75) is 31.1 Å². The number of nitrogens with one attached hydrogen (secondary N) is 3. The van der Waals surface area contributed by atoms with Gasteiger partial charge in [0.15, 0.2) is 0 Å². The second-order valence-corrected chi connectivity index (χ2v) is 6.24. The quantitative estimate of drug-likeness (QED) is 0.797. The van der Waals surface area contributed by atoms with Gasteiger partial charge in [0.05, 0.1) is 0 Å². The molecule has 0 aliphatic carbocycles. The fraction of sp³-hybridized carbons (Fsp3) is 0.500. The van der Waals surface area contributed by atoms with E-state index in [-0.39, 0.29) is 6.03 Å². The van der Waals surface area contributed by atoms with E-state index in [0.717, 1.165) is 11.4 Å². The van der Waals surface area contributed by atoms with Crippen LogP contribution in [0.25, 0.3) is 0 Å². The minimum absolute atomic E-state index is 0.196. The molecule has 2 atom stereocenters. The number of hydrogen-bond donors (Lipinski definition) is 3. The van der Waals surface area contributed by atoms with Crippen LogP contribution in [0.2, 0.25) is 0 Å². The third-order valence-electron chi connectivity index (χ3n) is 3.33. The fourth-order valence-corrected chi connectivity index (χ4v) is 3.31. The van der Waals surface area contributed by atoms with Crippen molar-refractivity contribution in [2.24, 2.45) is 0 Å². The van der Waals surface area contributed by atoms with E-state index in [1.54, 1.807) is 7.05 Å². The Morgan fingerprint density at radius 3 is 2.58 bits per heavy atom. The highest BCUT2D eigenvalue weighted by atomic mass is 32.2. The summed E-state index contributed by atoms with van der Waals surface area (Å²) in [4.78, 5) is 11.2. The number of hydrogen-bond acceptors (Lipinski definition) is 3. The topological polar surface area (TPSA) is 53.2 Å². The van der Waals surface area contributed by atoms with Crippen LogP contribution >= 0.6 is 11.8 Å². The molecule has 2 amide bonds. The number of amides is 2. The molecular weight excluding hydrogens is 258 g/mol. The van der Waals surface area contributed by atoms with Crippen molar-refractivity contribution in [1.82, 2.24) is 5.32 Å². The highest BCUT2D eigenvalue weighted by Gasteiger charge is 2.21. The number of urea groups is 1. The summed E-state index contributed by atoms with van der Waals surface area (Å²) in [5.74, 6) is 1.27. The van der Waals surface area contributed by atoms with E-state index < -0.39 is 0 Å². The van der Waals surface area contributed by atoms with Crippen molar-refractivity contribution in [3.05, 3.63) is 24.3 Å². The summed E-state index contributed by atoms with van der Waals surface area (Å²) >= 11 is 2.03. The van der Waals surface area contributed by atoms with Gasteiger partial charge in [-0.2, -0.15) is 11.8 Å². The van der Waals surface area contributed by atoms with Gasteiger partial charge in [-0.1, -0.05) is 6.92 Å². The highest BCUT2D eigenvalue weighted by Crippen LogP contribution is 2.28. The van der Waals surface area contributed by atoms with E-state index in [1.807, 2.05) is 36.0 Å². The predicted octanol–water partition coefficient (Wildman–Crippen LogP) is 3.13. The molecule has 1 fully saturated rings. The molecule has 0 spiro atoms. The lowest BCUT2D eigenvalue weighted by molar-refractivity contribution is 0.254. The van der Waals surface area contributed by atoms with Gasteiger partial charge in [-0.15, -0.1) is 0 Å². The molecule has 0 bridgehead atoms. The molecule has 1 aliphatic rings. The van der Waals surface area contributed by atoms with Gasteiger partial charge in [0.1, 0.15) is 0 Å². The Bertz CT molecular complexity index is 421. The first kappa shape index (κ1) is 14.1. The molecule has 1 heterocycles. The number of benzene rings is 1. The summed E-state index contributed by atoms with van der Waals surface area (Å²) in [5, 5.41) is 9.51. The Balaban J connectivity index is 1.92. The molecule has 0 saturated carbocycles. The van der Waals surface area contributed by atoms with Crippen molar-refractivity contribution in [3.63, 3.8) is 0 Å². The standard InChI is InChI=1S/C14H21N3OS/c1-10-13(4-3-9-19-10)16-11-5-7-12(8-6-11)17-14(18)15-2/h5-8,10,13,16H,3-4,9H2,1-2H3,(H2,15,17,18). The number of carbonyl (C=O) groups excluding carboxylic acids is 1. The molecule has 1 aromatic carbocycles. The number of rotatable bonds is 3. The molecule has 1 saturated heterocycles. The SMILES string of the molecule is CNC(=O)Nc1ccc(NC2CCCSC2C)cc1. The normalized spacial score (nSPS) is 22.6. The van der Waals surface area contributed by atoms with Crippen LogP contribution in [0.4, 0.5) is 16.2 Å². The van der Waals surface area contributed by atoms with Gasteiger partial charge in [0, 0.05) is 29.7 Å². The lowest BCUT2D eigenvalue weighted by Gasteiger charge is -2.30. The zero-order valence-electron chi connectivity index (χ0n) is 11.4. The van der Waals surface area contributed by atoms with E-state index in [2.05, 4.69) is 22.9 Å². The summed E-state index contributed by atoms with van der Waals surface area (Å²) < 4.78 is 0. The Morgan fingerprint density at radius 2 is 1.95 bits per heavy atom. The molecule has 0 aromatic heterocycles. The Morgan fingerprint density at radius 1 is 1.26 bits per heavy atom. The van der Waals surface area contributed by atoms with E-state index in [1.165, 1.54) is 18.6 Å². The maximum atomic E-state index is 11.2. The molecular formula is C14H21N3OS. The van der Waals surface area contributed by atoms with Crippen LogP contribution in [0.1, 0.15) is 19.8 Å². The summed E-state index contributed by atoms with van der Waals surface area (Å²) in [5.41, 5.74) is 1.91. The van der Waals surface area contributed by atoms with Gasteiger partial charge in [-0.25, -0.2) is 4.79 Å². The first-order valence-electron chi connectivity index (χ1n) is 6.66. The van der Waals surface area contributed by atoms with Crippen LogP contribution in [0.15, 0.2) is 24.3 Å². The molecule has 4 nitrogen and oxygen atoms in total. The molecule has 5 heteroatoms. The van der Waals surface area contributed by atoms with Crippen LogP contribution < -0.4 is 16.0 Å². The van der Waals surface area contributed by atoms with Crippen LogP contribution in [0.5, 0.6) is 0 Å². The fourth-order valence-electron chi connectivity index (χ4n) is 2.17. The van der Waals surface area contributed by atoms with Crippen molar-refractivity contribution < 1.29 is 4.79 Å². The maximum absolute atomic E-state index is 11.2. The molecule has 2 rings (SSSR count). The van der Waals surface area contributed by atoms with Crippen LogP contribution in [-0.2, 0) is 0 Å². The maximum Gasteiger partial charge on any atom is 0.318 e. The summed E-state index contributed by atoms with van der Waals surface area (Å²) in [6.45, 7) is 2.28. The largest absolute Gasteiger partial charge is 0.381 e. The smallest absolute Gasteiger partial charge is 0.318 e. The molecule has 2 unspecified atom stereocenters. The minimum atomic E-state index is -0.196. The Kier molecular flexibility index (Phi) is 4.96. The molecule has 3 N–H and O–H groups in total. The van der Waals surface area contributed by atoms with E-state index in [0.29, 0.717) is 11.3 Å². The van der Waals surface area contributed by atoms with Gasteiger partial charge in [-0.3, -0.25) is 0 Å². The van der Waals surface area contributed by atoms with Crippen LogP contribution in [-0.4, -0.2) is 30.1 Å². The second-order valence-electron chi connectivity index (χ2n) is 4.75. The lowest BCUT2D eigenvalue weighted by atomic mass is 10.1. The van der Waals surface area contributed by atoms with Crippen molar-refractivity contribution in [1.29, 1.82) is 0 Å². The summed E-state index contributed by atoms with van der Waals surface area (Å²) in [6.07, 6.45) is 2.51. The van der Waals surface area contributed by atoms with Gasteiger partial charge >= 0.3 is 6.03 Å². The van der Waals surface area contributed by atoms with Crippen LogP contribution in [0, 0.1) is 0 Å². The predicted molar refractivity (Wildman–Crippen MR) is 83.1 cm³/mol. The third-order valence-corrected chi connectivity index (χ3v) is 4.71. The highest BCUT2D eigenvalue weighted by molar-refractivity contribution is 8.00. The molecule has 1 aromatic rings. The van der Waals surface area contributed by atoms with E-state index in [4.69, 9.17) is 0 Å². The zero-order valence-corrected chi connectivity index (χ0v) is 12.2. The number of thioether (sulfide) groups is 1.